The van der Waals surface area contributed by atoms with Gasteiger partial charge in [-0.15, -0.1) is 0 Å². The third kappa shape index (κ3) is 4.83. The molecule has 0 aromatic heterocycles. The van der Waals surface area contributed by atoms with Crippen molar-refractivity contribution in [2.24, 2.45) is 0 Å². The second-order valence-corrected chi connectivity index (χ2v) is 6.27. The van der Waals surface area contributed by atoms with E-state index in [1.54, 1.807) is 6.07 Å². The highest BCUT2D eigenvalue weighted by molar-refractivity contribution is 6.34. The van der Waals surface area contributed by atoms with Crippen molar-refractivity contribution in [3.05, 3.63) is 64.2 Å². The Bertz CT molecular complexity index is 721. The van der Waals surface area contributed by atoms with Crippen LogP contribution in [0, 0.1) is 13.8 Å². The van der Waals surface area contributed by atoms with Gasteiger partial charge in [0.25, 0.3) is 0 Å². The van der Waals surface area contributed by atoms with E-state index in [1.807, 2.05) is 57.2 Å². The van der Waals surface area contributed by atoms with Gasteiger partial charge in [0, 0.05) is 0 Å². The highest BCUT2D eigenvalue weighted by Crippen LogP contribution is 2.27. The maximum atomic E-state index is 12.1. The summed E-state index contributed by atoms with van der Waals surface area (Å²) in [6.07, 6.45) is -0.249. The Morgan fingerprint density at radius 2 is 1.75 bits per heavy atom. The summed E-state index contributed by atoms with van der Waals surface area (Å²) in [5.41, 5.74) is 3.43. The summed E-state index contributed by atoms with van der Waals surface area (Å²) in [5, 5.41) is 6.01. The molecule has 1 atom stereocenters. The second kappa shape index (κ2) is 7.97. The SMILES string of the molecule is Cc1cc(C)c(NC(=O)CC(=O)NC(C)c2ccccc2)c(Cl)c1. The molecule has 0 heterocycles. The Morgan fingerprint density at radius 3 is 2.38 bits per heavy atom. The van der Waals surface area contributed by atoms with Crippen molar-refractivity contribution in [2.45, 2.75) is 33.2 Å². The smallest absolute Gasteiger partial charge is 0.233 e. The molecule has 0 aliphatic carbocycles. The first-order chi connectivity index (χ1) is 11.4. The molecule has 24 heavy (non-hydrogen) atoms. The van der Waals surface area contributed by atoms with Crippen LogP contribution in [0.4, 0.5) is 5.69 Å². The van der Waals surface area contributed by atoms with E-state index in [9.17, 15) is 9.59 Å². The van der Waals surface area contributed by atoms with Crippen LogP contribution in [0.5, 0.6) is 0 Å². The fourth-order valence-electron chi connectivity index (χ4n) is 2.52. The lowest BCUT2D eigenvalue weighted by Gasteiger charge is -2.15. The fourth-order valence-corrected chi connectivity index (χ4v) is 2.89. The van der Waals surface area contributed by atoms with Gasteiger partial charge < -0.3 is 10.6 Å². The molecule has 4 nitrogen and oxygen atoms in total. The van der Waals surface area contributed by atoms with Crippen molar-refractivity contribution < 1.29 is 9.59 Å². The van der Waals surface area contributed by atoms with Gasteiger partial charge in [0.15, 0.2) is 0 Å². The quantitative estimate of drug-likeness (QED) is 0.800. The summed E-state index contributed by atoms with van der Waals surface area (Å²) >= 11 is 6.16. The van der Waals surface area contributed by atoms with Crippen LogP contribution in [0.15, 0.2) is 42.5 Å². The first kappa shape index (κ1) is 18.0. The standard InChI is InChI=1S/C19H21ClN2O2/c1-12-9-13(2)19(16(20)10-12)22-18(24)11-17(23)21-14(3)15-7-5-4-6-8-15/h4-10,14H,11H2,1-3H3,(H,21,23)(H,22,24). The minimum Gasteiger partial charge on any atom is -0.349 e. The van der Waals surface area contributed by atoms with E-state index in [4.69, 9.17) is 11.6 Å². The zero-order valence-electron chi connectivity index (χ0n) is 14.0. The average Bonchev–Trinajstić information content (AvgIpc) is 2.51. The Balaban J connectivity index is 1.94. The Labute approximate surface area is 147 Å². The summed E-state index contributed by atoms with van der Waals surface area (Å²) in [5.74, 6) is -0.716. The summed E-state index contributed by atoms with van der Waals surface area (Å²) in [4.78, 5) is 24.1. The number of rotatable bonds is 5. The number of hydrogen-bond donors (Lipinski definition) is 2. The number of carbonyl (C=O) groups excluding carboxylic acids is 2. The lowest BCUT2D eigenvalue weighted by molar-refractivity contribution is -0.127. The minimum absolute atomic E-state index is 0.156. The zero-order valence-corrected chi connectivity index (χ0v) is 14.8. The van der Waals surface area contributed by atoms with Crippen molar-refractivity contribution >= 4 is 29.1 Å². The molecule has 0 aliphatic heterocycles. The largest absolute Gasteiger partial charge is 0.349 e. The van der Waals surface area contributed by atoms with Gasteiger partial charge in [-0.1, -0.05) is 48.0 Å². The van der Waals surface area contributed by atoms with Crippen LogP contribution >= 0.6 is 11.6 Å². The predicted octanol–water partition coefficient (Wildman–Crippen LogP) is 4.16. The van der Waals surface area contributed by atoms with Gasteiger partial charge in [0.05, 0.1) is 16.8 Å². The zero-order chi connectivity index (χ0) is 17.7. The van der Waals surface area contributed by atoms with Crippen molar-refractivity contribution in [1.29, 1.82) is 0 Å². The van der Waals surface area contributed by atoms with E-state index >= 15 is 0 Å². The lowest BCUT2D eigenvalue weighted by Crippen LogP contribution is -2.30. The van der Waals surface area contributed by atoms with Crippen LogP contribution in [0.2, 0.25) is 5.02 Å². The third-order valence-corrected chi connectivity index (χ3v) is 3.99. The molecule has 1 unspecified atom stereocenters. The van der Waals surface area contributed by atoms with E-state index in [0.29, 0.717) is 10.7 Å². The molecule has 0 aliphatic rings. The molecule has 0 saturated heterocycles. The Kier molecular flexibility index (Phi) is 5.99. The molecule has 2 amide bonds. The molecule has 0 spiro atoms. The van der Waals surface area contributed by atoms with E-state index in [0.717, 1.165) is 16.7 Å². The van der Waals surface area contributed by atoms with Gasteiger partial charge in [-0.25, -0.2) is 0 Å². The lowest BCUT2D eigenvalue weighted by atomic mass is 10.1. The predicted molar refractivity (Wildman–Crippen MR) is 97.2 cm³/mol. The number of anilines is 1. The van der Waals surface area contributed by atoms with Gasteiger partial charge in [0.2, 0.25) is 11.8 Å². The summed E-state index contributed by atoms with van der Waals surface area (Å²) in [6.45, 7) is 5.68. The van der Waals surface area contributed by atoms with Crippen LogP contribution in [0.25, 0.3) is 0 Å². The van der Waals surface area contributed by atoms with Gasteiger partial charge in [-0.2, -0.15) is 0 Å². The first-order valence-corrected chi connectivity index (χ1v) is 8.15. The number of benzene rings is 2. The van der Waals surface area contributed by atoms with Crippen LogP contribution in [-0.4, -0.2) is 11.8 Å². The van der Waals surface area contributed by atoms with Gasteiger partial charge in [0.1, 0.15) is 6.42 Å². The van der Waals surface area contributed by atoms with Crippen LogP contribution < -0.4 is 10.6 Å². The highest BCUT2D eigenvalue weighted by atomic mass is 35.5. The maximum absolute atomic E-state index is 12.1. The fraction of sp³-hybridized carbons (Fsp3) is 0.263. The van der Waals surface area contributed by atoms with E-state index in [-0.39, 0.29) is 24.3 Å². The van der Waals surface area contributed by atoms with Crippen molar-refractivity contribution in [1.82, 2.24) is 5.32 Å². The van der Waals surface area contributed by atoms with Crippen LogP contribution in [0.1, 0.15) is 36.1 Å². The molecule has 0 fully saturated rings. The van der Waals surface area contributed by atoms with Crippen molar-refractivity contribution in [3.8, 4) is 0 Å². The second-order valence-electron chi connectivity index (χ2n) is 5.86. The molecule has 126 valence electrons. The molecule has 0 radical (unpaired) electrons. The van der Waals surface area contributed by atoms with Gasteiger partial charge in [-0.05, 0) is 43.5 Å². The highest BCUT2D eigenvalue weighted by Gasteiger charge is 2.15. The Morgan fingerprint density at radius 1 is 1.08 bits per heavy atom. The number of amides is 2. The third-order valence-electron chi connectivity index (χ3n) is 3.69. The number of carbonyl (C=O) groups is 2. The van der Waals surface area contributed by atoms with Gasteiger partial charge >= 0.3 is 0 Å². The monoisotopic (exact) mass is 344 g/mol. The molecule has 2 aromatic rings. The molecular formula is C19H21ClN2O2. The molecule has 0 saturated carbocycles. The maximum Gasteiger partial charge on any atom is 0.233 e. The number of halogens is 1. The van der Waals surface area contributed by atoms with Gasteiger partial charge in [-0.3, -0.25) is 9.59 Å². The topological polar surface area (TPSA) is 58.2 Å². The Hall–Kier alpha value is -2.33. The summed E-state index contributed by atoms with van der Waals surface area (Å²) in [6, 6.07) is 13.1. The minimum atomic E-state index is -0.387. The average molecular weight is 345 g/mol. The van der Waals surface area contributed by atoms with E-state index in [1.165, 1.54) is 0 Å². The molecule has 5 heteroatoms. The number of nitrogens with one attached hydrogen (secondary N) is 2. The van der Waals surface area contributed by atoms with Crippen LogP contribution in [0.3, 0.4) is 0 Å². The van der Waals surface area contributed by atoms with Crippen molar-refractivity contribution in [2.75, 3.05) is 5.32 Å². The first-order valence-electron chi connectivity index (χ1n) is 7.77. The molecule has 2 aromatic carbocycles. The molecule has 2 rings (SSSR count). The molecule has 2 N–H and O–H groups in total. The summed E-state index contributed by atoms with van der Waals surface area (Å²) in [7, 11) is 0. The van der Waals surface area contributed by atoms with E-state index in [2.05, 4.69) is 10.6 Å². The summed E-state index contributed by atoms with van der Waals surface area (Å²) < 4.78 is 0. The van der Waals surface area contributed by atoms with Crippen molar-refractivity contribution in [3.63, 3.8) is 0 Å². The molecule has 0 bridgehead atoms. The number of hydrogen-bond acceptors (Lipinski definition) is 2. The van der Waals surface area contributed by atoms with Crippen LogP contribution in [-0.2, 0) is 9.59 Å². The normalized spacial score (nSPS) is 11.7. The molecular weight excluding hydrogens is 324 g/mol. The number of aryl methyl sites for hydroxylation is 2. The van der Waals surface area contributed by atoms with E-state index < -0.39 is 0 Å².